The lowest BCUT2D eigenvalue weighted by Gasteiger charge is -2.15. The highest BCUT2D eigenvalue weighted by Gasteiger charge is 2.22. The number of hydrogen-bond donors (Lipinski definition) is 0. The molecule has 0 saturated heterocycles. The maximum atomic E-state index is 14.4. The Morgan fingerprint density at radius 2 is 1.07 bits per heavy atom. The summed E-state index contributed by atoms with van der Waals surface area (Å²) in [6.07, 6.45) is 0. The molecule has 0 aliphatic carbocycles. The van der Waals surface area contributed by atoms with Crippen LogP contribution in [-0.2, 0) is 0 Å². The normalized spacial score (nSPS) is 11.3. The maximum Gasteiger partial charge on any atom is 0.195 e. The fraction of sp³-hybridized carbons (Fsp3) is 0. The molecule has 0 bridgehead atoms. The molecule has 0 fully saturated rings. The molecule has 4 rings (SSSR count). The molecule has 0 N–H and O–H groups in total. The van der Waals surface area contributed by atoms with E-state index in [0.29, 0.717) is 12.1 Å². The quantitative estimate of drug-likeness (QED) is 0.188. The van der Waals surface area contributed by atoms with Gasteiger partial charge in [0, 0.05) is 11.6 Å². The molecule has 0 aromatic heterocycles. The summed E-state index contributed by atoms with van der Waals surface area (Å²) in [6, 6.07) is 9.49. The predicted molar refractivity (Wildman–Crippen MR) is 94.5 cm³/mol. The fourth-order valence-electron chi connectivity index (χ4n) is 3.31. The first kappa shape index (κ1) is 19.0. The second-order valence-corrected chi connectivity index (χ2v) is 6.30. The zero-order chi connectivity index (χ0) is 20.9. The summed E-state index contributed by atoms with van der Waals surface area (Å²) in [4.78, 5) is 0. The molecule has 0 nitrogen and oxygen atoms in total. The molecule has 0 unspecified atom stereocenters. The molecule has 146 valence electrons. The number of halogens is 7. The number of benzene rings is 4. The Kier molecular flexibility index (Phi) is 4.53. The van der Waals surface area contributed by atoms with Gasteiger partial charge in [-0.25, -0.2) is 30.7 Å². The Morgan fingerprint density at radius 1 is 0.448 bits per heavy atom. The molecule has 7 heteroatoms. The lowest BCUT2D eigenvalue weighted by molar-refractivity contribution is 0.451. The summed E-state index contributed by atoms with van der Waals surface area (Å²) < 4.78 is 97.5. The van der Waals surface area contributed by atoms with E-state index in [-0.39, 0.29) is 22.1 Å². The molecule has 0 atom stereocenters. The van der Waals surface area contributed by atoms with Crippen LogP contribution in [0.5, 0.6) is 0 Å². The second-order valence-electron chi connectivity index (χ2n) is 6.30. The minimum atomic E-state index is -1.83. The van der Waals surface area contributed by atoms with Crippen molar-refractivity contribution in [1.29, 1.82) is 0 Å². The molecule has 29 heavy (non-hydrogen) atoms. The van der Waals surface area contributed by atoms with E-state index in [0.717, 1.165) is 12.1 Å². The van der Waals surface area contributed by atoms with E-state index >= 15 is 0 Å². The van der Waals surface area contributed by atoms with Gasteiger partial charge in [-0.2, -0.15) is 0 Å². The first-order valence-corrected chi connectivity index (χ1v) is 8.29. The van der Waals surface area contributed by atoms with Gasteiger partial charge in [0.15, 0.2) is 29.1 Å². The third kappa shape index (κ3) is 3.03. The van der Waals surface area contributed by atoms with Crippen molar-refractivity contribution in [3.05, 3.63) is 95.3 Å². The van der Waals surface area contributed by atoms with Crippen LogP contribution in [-0.4, -0.2) is 0 Å². The summed E-state index contributed by atoms with van der Waals surface area (Å²) in [6.45, 7) is 0. The van der Waals surface area contributed by atoms with Gasteiger partial charge >= 0.3 is 0 Å². The SMILES string of the molecule is Fc1cc(F)c(F)c(-c2ccccc2-c2ccc(F)c3c(F)c(F)c(F)cc23)c1. The highest BCUT2D eigenvalue weighted by atomic mass is 19.2. The van der Waals surface area contributed by atoms with Gasteiger partial charge in [0.05, 0.1) is 5.39 Å². The van der Waals surface area contributed by atoms with Crippen molar-refractivity contribution in [3.63, 3.8) is 0 Å². The zero-order valence-electron chi connectivity index (χ0n) is 14.3. The van der Waals surface area contributed by atoms with Gasteiger partial charge in [0.25, 0.3) is 0 Å². The number of fused-ring (bicyclic) bond motifs is 1. The maximum absolute atomic E-state index is 14.4. The molecular formula is C22H9F7. The van der Waals surface area contributed by atoms with E-state index in [1.54, 1.807) is 0 Å². The molecular weight excluding hydrogens is 397 g/mol. The molecule has 0 radical (unpaired) electrons. The van der Waals surface area contributed by atoms with Crippen molar-refractivity contribution in [1.82, 2.24) is 0 Å². The average molecular weight is 406 g/mol. The highest BCUT2D eigenvalue weighted by molar-refractivity contribution is 6.01. The van der Waals surface area contributed by atoms with E-state index in [4.69, 9.17) is 0 Å². The monoisotopic (exact) mass is 406 g/mol. The Hall–Kier alpha value is -3.35. The van der Waals surface area contributed by atoms with Gasteiger partial charge < -0.3 is 0 Å². The van der Waals surface area contributed by atoms with Crippen LogP contribution in [0.3, 0.4) is 0 Å². The van der Waals surface area contributed by atoms with E-state index < -0.39 is 51.7 Å². The highest BCUT2D eigenvalue weighted by Crippen LogP contribution is 2.39. The largest absolute Gasteiger partial charge is 0.207 e. The van der Waals surface area contributed by atoms with E-state index in [9.17, 15) is 30.7 Å². The summed E-state index contributed by atoms with van der Waals surface area (Å²) in [5.74, 6) is -9.98. The van der Waals surface area contributed by atoms with Gasteiger partial charge in [-0.05, 0) is 40.3 Å². The smallest absolute Gasteiger partial charge is 0.195 e. The molecule has 0 aliphatic rings. The van der Waals surface area contributed by atoms with Crippen molar-refractivity contribution < 1.29 is 30.7 Å². The third-order valence-corrected chi connectivity index (χ3v) is 4.59. The molecule has 0 spiro atoms. The van der Waals surface area contributed by atoms with Crippen LogP contribution < -0.4 is 0 Å². The summed E-state index contributed by atoms with van der Waals surface area (Å²) in [7, 11) is 0. The van der Waals surface area contributed by atoms with Crippen LogP contribution >= 0.6 is 0 Å². The first-order chi connectivity index (χ1) is 13.8. The lowest BCUT2D eigenvalue weighted by Crippen LogP contribution is -1.98. The first-order valence-electron chi connectivity index (χ1n) is 8.29. The van der Waals surface area contributed by atoms with Crippen LogP contribution in [0.15, 0.2) is 54.6 Å². The summed E-state index contributed by atoms with van der Waals surface area (Å²) in [5, 5.41) is -1.10. The molecule has 0 aliphatic heterocycles. The number of rotatable bonds is 2. The van der Waals surface area contributed by atoms with Gasteiger partial charge in [0.2, 0.25) is 0 Å². The van der Waals surface area contributed by atoms with Crippen molar-refractivity contribution >= 4 is 10.8 Å². The predicted octanol–water partition coefficient (Wildman–Crippen LogP) is 7.15. The molecule has 0 saturated carbocycles. The van der Waals surface area contributed by atoms with Crippen LogP contribution in [0.4, 0.5) is 30.7 Å². The molecule has 4 aromatic carbocycles. The van der Waals surface area contributed by atoms with Gasteiger partial charge in [-0.15, -0.1) is 0 Å². The Morgan fingerprint density at radius 3 is 1.76 bits per heavy atom. The van der Waals surface area contributed by atoms with Crippen molar-refractivity contribution in [3.8, 4) is 22.3 Å². The van der Waals surface area contributed by atoms with E-state index in [1.165, 1.54) is 30.3 Å². The van der Waals surface area contributed by atoms with Crippen LogP contribution in [0, 0.1) is 40.7 Å². The Balaban J connectivity index is 2.09. The Labute approximate surface area is 159 Å². The Bertz CT molecular complexity index is 1280. The molecule has 0 amide bonds. The minimum Gasteiger partial charge on any atom is -0.207 e. The van der Waals surface area contributed by atoms with Crippen LogP contribution in [0.1, 0.15) is 0 Å². The van der Waals surface area contributed by atoms with Crippen LogP contribution in [0.2, 0.25) is 0 Å². The third-order valence-electron chi connectivity index (χ3n) is 4.59. The standard InChI is InChI=1S/C22H9F7/c23-10-7-15(20(27)17(25)8-10)12-4-2-1-3-11(12)13-5-6-16(24)19-14(13)9-18(26)21(28)22(19)29/h1-9H. The molecule has 0 heterocycles. The lowest BCUT2D eigenvalue weighted by atomic mass is 9.90. The van der Waals surface area contributed by atoms with E-state index in [1.807, 2.05) is 0 Å². The summed E-state index contributed by atoms with van der Waals surface area (Å²) in [5.41, 5.74) is -0.286. The number of hydrogen-bond acceptors (Lipinski definition) is 0. The second kappa shape index (κ2) is 6.92. The molecule has 4 aromatic rings. The fourth-order valence-corrected chi connectivity index (χ4v) is 3.31. The van der Waals surface area contributed by atoms with Gasteiger partial charge in [-0.3, -0.25) is 0 Å². The average Bonchev–Trinajstić information content (AvgIpc) is 2.69. The topological polar surface area (TPSA) is 0 Å². The van der Waals surface area contributed by atoms with Crippen LogP contribution in [0.25, 0.3) is 33.0 Å². The minimum absolute atomic E-state index is 0.00134. The van der Waals surface area contributed by atoms with Crippen molar-refractivity contribution in [2.75, 3.05) is 0 Å². The summed E-state index contributed by atoms with van der Waals surface area (Å²) >= 11 is 0. The zero-order valence-corrected chi connectivity index (χ0v) is 14.3. The van der Waals surface area contributed by atoms with E-state index in [2.05, 4.69) is 0 Å². The van der Waals surface area contributed by atoms with Crippen molar-refractivity contribution in [2.24, 2.45) is 0 Å². The van der Waals surface area contributed by atoms with Crippen molar-refractivity contribution in [2.45, 2.75) is 0 Å². The van der Waals surface area contributed by atoms with Gasteiger partial charge in [0.1, 0.15) is 11.6 Å². The van der Waals surface area contributed by atoms with Gasteiger partial charge in [-0.1, -0.05) is 30.3 Å².